The van der Waals surface area contributed by atoms with Gasteiger partial charge in [0.2, 0.25) is 5.91 Å². The number of pyridine rings is 1. The van der Waals surface area contributed by atoms with Crippen LogP contribution in [0.1, 0.15) is 18.4 Å². The summed E-state index contributed by atoms with van der Waals surface area (Å²) < 4.78 is 1.90. The largest absolute Gasteiger partial charge is 0.369 e. The topological polar surface area (TPSA) is 101 Å². The van der Waals surface area contributed by atoms with E-state index >= 15 is 0 Å². The van der Waals surface area contributed by atoms with E-state index < -0.39 is 0 Å². The number of piperidine rings is 1. The molecule has 0 radical (unpaired) electrons. The molecule has 2 aromatic heterocycles. The maximum Gasteiger partial charge on any atom is 0.267 e. The maximum atomic E-state index is 13.2. The third kappa shape index (κ3) is 3.53. The Hall–Kier alpha value is -2.72. The lowest BCUT2D eigenvalue weighted by atomic mass is 9.96. The lowest BCUT2D eigenvalue weighted by Gasteiger charge is -2.32. The second kappa shape index (κ2) is 7.60. The number of nitrogens with zero attached hydrogens (tertiary/aromatic N) is 4. The maximum absolute atomic E-state index is 13.2. The Morgan fingerprint density at radius 1 is 1.31 bits per heavy atom. The molecule has 0 atom stereocenters. The first-order chi connectivity index (χ1) is 13.9. The van der Waals surface area contributed by atoms with Gasteiger partial charge in [-0.3, -0.25) is 23.7 Å². The number of amides is 2. The fourth-order valence-electron chi connectivity index (χ4n) is 3.51. The Labute approximate surface area is 176 Å². The number of hydrogen-bond acceptors (Lipinski definition) is 7. The Kier molecular flexibility index (Phi) is 5.13. The van der Waals surface area contributed by atoms with Gasteiger partial charge in [-0.05, 0) is 31.1 Å². The third-order valence-electron chi connectivity index (χ3n) is 5.21. The van der Waals surface area contributed by atoms with Crippen LogP contribution in [0.3, 0.4) is 0 Å². The van der Waals surface area contributed by atoms with E-state index in [0.29, 0.717) is 52.2 Å². The fourth-order valence-corrected chi connectivity index (χ4v) is 4.67. The standard InChI is InChI=1S/C19H19N5O3S2/c1-22-18(27)13(29-19(22)28)10-12-16(23-8-5-11(6-9-23)15(20)25)21-14-4-2-3-7-24(14)17(12)26/h2-4,7,10-11H,5-6,8-9H2,1H3,(H2,20,25). The van der Waals surface area contributed by atoms with E-state index in [1.807, 2.05) is 11.0 Å². The summed E-state index contributed by atoms with van der Waals surface area (Å²) in [4.78, 5) is 45.6. The molecule has 10 heteroatoms. The predicted octanol–water partition coefficient (Wildman–Crippen LogP) is 1.23. The van der Waals surface area contributed by atoms with Gasteiger partial charge in [0.25, 0.3) is 11.5 Å². The van der Waals surface area contributed by atoms with E-state index in [4.69, 9.17) is 22.9 Å². The minimum atomic E-state index is -0.303. The zero-order valence-electron chi connectivity index (χ0n) is 15.7. The molecular formula is C19H19N5O3S2. The Morgan fingerprint density at radius 2 is 2.03 bits per heavy atom. The van der Waals surface area contributed by atoms with Crippen LogP contribution in [0, 0.1) is 5.92 Å². The molecule has 2 aromatic rings. The molecule has 0 spiro atoms. The van der Waals surface area contributed by atoms with Crippen molar-refractivity contribution in [1.29, 1.82) is 0 Å². The number of aromatic nitrogens is 2. The van der Waals surface area contributed by atoms with E-state index in [9.17, 15) is 14.4 Å². The van der Waals surface area contributed by atoms with E-state index in [1.165, 1.54) is 9.30 Å². The van der Waals surface area contributed by atoms with Gasteiger partial charge in [0.05, 0.1) is 10.5 Å². The van der Waals surface area contributed by atoms with E-state index in [-0.39, 0.29) is 23.3 Å². The minimum absolute atomic E-state index is 0.174. The molecule has 2 saturated heterocycles. The normalized spacial score (nSPS) is 19.6. The van der Waals surface area contributed by atoms with Gasteiger partial charge >= 0.3 is 0 Å². The minimum Gasteiger partial charge on any atom is -0.369 e. The number of hydrogen-bond donors (Lipinski definition) is 1. The number of nitrogens with two attached hydrogens (primary N) is 1. The molecule has 8 nitrogen and oxygen atoms in total. The second-order valence-electron chi connectivity index (χ2n) is 6.99. The molecule has 0 saturated carbocycles. The van der Waals surface area contributed by atoms with Crippen LogP contribution >= 0.6 is 24.0 Å². The van der Waals surface area contributed by atoms with Crippen LogP contribution in [0.5, 0.6) is 0 Å². The molecule has 0 aliphatic carbocycles. The highest BCUT2D eigenvalue weighted by Crippen LogP contribution is 2.33. The number of carbonyl (C=O) groups is 2. The number of rotatable bonds is 3. The van der Waals surface area contributed by atoms with Crippen LogP contribution in [0.4, 0.5) is 5.82 Å². The number of thiocarbonyl (C=S) groups is 1. The first-order valence-electron chi connectivity index (χ1n) is 9.14. The van der Waals surface area contributed by atoms with Gasteiger partial charge in [0.15, 0.2) is 0 Å². The van der Waals surface area contributed by atoms with Crippen LogP contribution < -0.4 is 16.2 Å². The van der Waals surface area contributed by atoms with Crippen molar-refractivity contribution in [3.05, 3.63) is 45.2 Å². The monoisotopic (exact) mass is 429 g/mol. The van der Waals surface area contributed by atoms with E-state index in [2.05, 4.69) is 0 Å². The van der Waals surface area contributed by atoms with Gasteiger partial charge in [-0.2, -0.15) is 0 Å². The number of carbonyl (C=O) groups excluding carboxylic acids is 2. The summed E-state index contributed by atoms with van der Waals surface area (Å²) in [5, 5.41) is 0. The summed E-state index contributed by atoms with van der Waals surface area (Å²) in [5.41, 5.74) is 6.03. The fraction of sp³-hybridized carbons (Fsp3) is 0.316. The molecule has 0 unspecified atom stereocenters. The lowest BCUT2D eigenvalue weighted by molar-refractivity contribution is -0.122. The van der Waals surface area contributed by atoms with E-state index in [0.717, 1.165) is 11.8 Å². The Morgan fingerprint density at radius 3 is 2.66 bits per heavy atom. The highest BCUT2D eigenvalue weighted by Gasteiger charge is 2.31. The molecule has 2 aliphatic rings. The molecular weight excluding hydrogens is 410 g/mol. The quantitative estimate of drug-likeness (QED) is 0.578. The van der Waals surface area contributed by atoms with Crippen molar-refractivity contribution in [3.63, 3.8) is 0 Å². The van der Waals surface area contributed by atoms with Crippen molar-refractivity contribution in [1.82, 2.24) is 14.3 Å². The van der Waals surface area contributed by atoms with Crippen molar-refractivity contribution in [2.75, 3.05) is 25.0 Å². The molecule has 2 N–H and O–H groups in total. The number of thioether (sulfide) groups is 1. The van der Waals surface area contributed by atoms with Gasteiger partial charge in [-0.1, -0.05) is 30.0 Å². The smallest absolute Gasteiger partial charge is 0.267 e. The van der Waals surface area contributed by atoms with E-state index in [1.54, 1.807) is 31.5 Å². The highest BCUT2D eigenvalue weighted by atomic mass is 32.2. The summed E-state index contributed by atoms with van der Waals surface area (Å²) in [7, 11) is 1.61. The van der Waals surface area contributed by atoms with Crippen molar-refractivity contribution in [2.45, 2.75) is 12.8 Å². The molecule has 0 aromatic carbocycles. The van der Waals surface area contributed by atoms with Gasteiger partial charge in [-0.25, -0.2) is 4.98 Å². The van der Waals surface area contributed by atoms with Crippen molar-refractivity contribution < 1.29 is 9.59 Å². The molecule has 2 aliphatic heterocycles. The van der Waals surface area contributed by atoms with Crippen LogP contribution in [0.15, 0.2) is 34.1 Å². The number of likely N-dealkylation sites (N-methyl/N-ethyl adjacent to an activating group) is 1. The van der Waals surface area contributed by atoms with Crippen LogP contribution in [0.2, 0.25) is 0 Å². The average Bonchev–Trinajstić information content (AvgIpc) is 2.96. The lowest BCUT2D eigenvalue weighted by Crippen LogP contribution is -2.40. The molecule has 2 fully saturated rings. The van der Waals surface area contributed by atoms with Gasteiger partial charge in [-0.15, -0.1) is 0 Å². The van der Waals surface area contributed by atoms with Gasteiger partial charge < -0.3 is 10.6 Å². The predicted molar refractivity (Wildman–Crippen MR) is 117 cm³/mol. The molecule has 4 heterocycles. The summed E-state index contributed by atoms with van der Waals surface area (Å²) in [6.45, 7) is 1.11. The van der Waals surface area contributed by atoms with Crippen molar-refractivity contribution >= 4 is 57.7 Å². The summed E-state index contributed by atoms with van der Waals surface area (Å²) in [5.74, 6) is -0.211. The highest BCUT2D eigenvalue weighted by molar-refractivity contribution is 8.26. The molecule has 4 rings (SSSR count). The summed E-state index contributed by atoms with van der Waals surface area (Å²) in [6, 6.07) is 5.33. The SMILES string of the molecule is CN1C(=O)C(=Cc2c(N3CCC(C(N)=O)CC3)nc3ccccn3c2=O)SC1=S. The number of fused-ring (bicyclic) bond motifs is 1. The first-order valence-corrected chi connectivity index (χ1v) is 10.4. The van der Waals surface area contributed by atoms with Crippen molar-refractivity contribution in [3.8, 4) is 0 Å². The van der Waals surface area contributed by atoms with Crippen LogP contribution in [-0.4, -0.2) is 50.6 Å². The number of anilines is 1. The van der Waals surface area contributed by atoms with Crippen LogP contribution in [-0.2, 0) is 9.59 Å². The molecule has 2 amide bonds. The Balaban J connectivity index is 1.82. The zero-order chi connectivity index (χ0) is 20.7. The zero-order valence-corrected chi connectivity index (χ0v) is 17.3. The van der Waals surface area contributed by atoms with Crippen LogP contribution in [0.25, 0.3) is 11.7 Å². The van der Waals surface area contributed by atoms with Crippen molar-refractivity contribution in [2.24, 2.45) is 11.7 Å². The molecule has 150 valence electrons. The second-order valence-corrected chi connectivity index (χ2v) is 8.66. The van der Waals surface area contributed by atoms with Gasteiger partial charge in [0, 0.05) is 32.3 Å². The molecule has 0 bridgehead atoms. The first kappa shape index (κ1) is 19.6. The third-order valence-corrected chi connectivity index (χ3v) is 6.69. The van der Waals surface area contributed by atoms with Gasteiger partial charge in [0.1, 0.15) is 15.8 Å². The number of primary amides is 1. The summed E-state index contributed by atoms with van der Waals surface area (Å²) in [6.07, 6.45) is 4.42. The molecule has 29 heavy (non-hydrogen) atoms. The summed E-state index contributed by atoms with van der Waals surface area (Å²) >= 11 is 6.36. The Bertz CT molecular complexity index is 1120. The average molecular weight is 430 g/mol.